The van der Waals surface area contributed by atoms with Crippen molar-refractivity contribution >= 4 is 11.7 Å². The molecular formula is C26H29NO3. The van der Waals surface area contributed by atoms with E-state index in [1.807, 2.05) is 30.3 Å². The first-order valence-corrected chi connectivity index (χ1v) is 10.9. The third kappa shape index (κ3) is 4.59. The number of benzene rings is 2. The lowest BCUT2D eigenvalue weighted by Crippen LogP contribution is -2.15. The van der Waals surface area contributed by atoms with Crippen LogP contribution in [0.15, 0.2) is 65.1 Å². The standard InChI is InChI=1S/C26H29NO3/c1-2-24-22(17-25(30-24)19-10-4-3-5-11-19)23(16-18-8-6-7-9-18)27-21-14-12-20(13-15-21)26(28)29/h3-5,10-15,17-18,23,27H,2,6-9,16H2,1H3,(H,28,29). The fourth-order valence-electron chi connectivity index (χ4n) is 4.51. The quantitative estimate of drug-likeness (QED) is 0.427. The highest BCUT2D eigenvalue weighted by atomic mass is 16.4. The molecule has 4 heteroatoms. The first-order valence-electron chi connectivity index (χ1n) is 10.9. The van der Waals surface area contributed by atoms with Gasteiger partial charge in [-0.25, -0.2) is 4.79 Å². The molecule has 1 aliphatic carbocycles. The second-order valence-corrected chi connectivity index (χ2v) is 8.17. The Balaban J connectivity index is 1.65. The third-order valence-electron chi connectivity index (χ3n) is 6.11. The Kier molecular flexibility index (Phi) is 6.22. The van der Waals surface area contributed by atoms with Gasteiger partial charge in [0.05, 0.1) is 11.6 Å². The van der Waals surface area contributed by atoms with Gasteiger partial charge in [0.15, 0.2) is 0 Å². The summed E-state index contributed by atoms with van der Waals surface area (Å²) < 4.78 is 6.27. The monoisotopic (exact) mass is 403 g/mol. The molecule has 0 bridgehead atoms. The van der Waals surface area contributed by atoms with Crippen molar-refractivity contribution in [1.29, 1.82) is 0 Å². The van der Waals surface area contributed by atoms with Gasteiger partial charge in [-0.05, 0) is 42.7 Å². The number of carboxylic acid groups (broad SMARTS) is 1. The van der Waals surface area contributed by atoms with Crippen LogP contribution in [0.1, 0.15) is 66.8 Å². The van der Waals surface area contributed by atoms with Crippen LogP contribution in [0.5, 0.6) is 0 Å². The van der Waals surface area contributed by atoms with Crippen LogP contribution in [-0.2, 0) is 6.42 Å². The van der Waals surface area contributed by atoms with E-state index in [0.717, 1.165) is 35.6 Å². The maximum Gasteiger partial charge on any atom is 0.335 e. The van der Waals surface area contributed by atoms with E-state index < -0.39 is 5.97 Å². The molecule has 1 heterocycles. The van der Waals surface area contributed by atoms with E-state index >= 15 is 0 Å². The van der Waals surface area contributed by atoms with Crippen molar-refractivity contribution < 1.29 is 14.3 Å². The third-order valence-corrected chi connectivity index (χ3v) is 6.11. The van der Waals surface area contributed by atoms with Crippen molar-refractivity contribution in [3.8, 4) is 11.3 Å². The number of aryl methyl sites for hydroxylation is 1. The highest BCUT2D eigenvalue weighted by molar-refractivity contribution is 5.88. The van der Waals surface area contributed by atoms with Gasteiger partial charge in [0.1, 0.15) is 11.5 Å². The molecule has 30 heavy (non-hydrogen) atoms. The highest BCUT2D eigenvalue weighted by Crippen LogP contribution is 2.38. The number of rotatable bonds is 8. The molecule has 1 fully saturated rings. The van der Waals surface area contributed by atoms with Crippen molar-refractivity contribution in [2.24, 2.45) is 5.92 Å². The van der Waals surface area contributed by atoms with Crippen LogP contribution in [0.2, 0.25) is 0 Å². The molecule has 0 spiro atoms. The van der Waals surface area contributed by atoms with Gasteiger partial charge in [0.25, 0.3) is 0 Å². The van der Waals surface area contributed by atoms with Gasteiger partial charge in [0.2, 0.25) is 0 Å². The number of carbonyl (C=O) groups is 1. The van der Waals surface area contributed by atoms with Crippen LogP contribution < -0.4 is 5.32 Å². The molecule has 2 N–H and O–H groups in total. The average molecular weight is 404 g/mol. The molecule has 1 aromatic heterocycles. The number of carboxylic acids is 1. The summed E-state index contributed by atoms with van der Waals surface area (Å²) in [5.74, 6) is 1.73. The van der Waals surface area contributed by atoms with Crippen LogP contribution in [0.3, 0.4) is 0 Å². The fraction of sp³-hybridized carbons (Fsp3) is 0.346. The zero-order valence-corrected chi connectivity index (χ0v) is 17.4. The molecule has 4 rings (SSSR count). The minimum absolute atomic E-state index is 0.139. The smallest absolute Gasteiger partial charge is 0.335 e. The molecule has 3 aromatic rings. The topological polar surface area (TPSA) is 62.5 Å². The average Bonchev–Trinajstić information content (AvgIpc) is 3.44. The van der Waals surface area contributed by atoms with Gasteiger partial charge < -0.3 is 14.8 Å². The normalized spacial score (nSPS) is 15.2. The first kappa shape index (κ1) is 20.3. The molecular weight excluding hydrogens is 374 g/mol. The summed E-state index contributed by atoms with van der Waals surface area (Å²) in [4.78, 5) is 11.2. The minimum Gasteiger partial charge on any atom is -0.478 e. The Labute approximate surface area is 177 Å². The molecule has 1 atom stereocenters. The Bertz CT molecular complexity index is 969. The van der Waals surface area contributed by atoms with E-state index in [-0.39, 0.29) is 6.04 Å². The van der Waals surface area contributed by atoms with E-state index in [1.165, 1.54) is 31.2 Å². The summed E-state index contributed by atoms with van der Waals surface area (Å²) in [5.41, 5.74) is 3.54. The number of nitrogens with one attached hydrogen (secondary N) is 1. The van der Waals surface area contributed by atoms with Crippen molar-refractivity contribution in [1.82, 2.24) is 0 Å². The minimum atomic E-state index is -0.903. The highest BCUT2D eigenvalue weighted by Gasteiger charge is 2.25. The van der Waals surface area contributed by atoms with Crippen molar-refractivity contribution in [2.45, 2.75) is 51.5 Å². The van der Waals surface area contributed by atoms with Gasteiger partial charge >= 0.3 is 5.97 Å². The number of hydrogen-bond donors (Lipinski definition) is 2. The largest absolute Gasteiger partial charge is 0.478 e. The Hall–Kier alpha value is -3.01. The molecule has 1 unspecified atom stereocenters. The van der Waals surface area contributed by atoms with Crippen molar-refractivity contribution in [2.75, 3.05) is 5.32 Å². The van der Waals surface area contributed by atoms with Gasteiger partial charge in [-0.3, -0.25) is 0 Å². The molecule has 0 aliphatic heterocycles. The zero-order valence-electron chi connectivity index (χ0n) is 17.4. The summed E-state index contributed by atoms with van der Waals surface area (Å²) in [6, 6.07) is 19.6. The Morgan fingerprint density at radius 2 is 1.80 bits per heavy atom. The summed E-state index contributed by atoms with van der Waals surface area (Å²) in [6.45, 7) is 2.13. The number of aromatic carboxylic acids is 1. The van der Waals surface area contributed by atoms with Crippen LogP contribution in [0.25, 0.3) is 11.3 Å². The second kappa shape index (κ2) is 9.21. The van der Waals surface area contributed by atoms with Crippen molar-refractivity contribution in [3.63, 3.8) is 0 Å². The molecule has 1 aliphatic rings. The lowest BCUT2D eigenvalue weighted by Gasteiger charge is -2.23. The van der Waals surface area contributed by atoms with Crippen LogP contribution in [0, 0.1) is 5.92 Å². The summed E-state index contributed by atoms with van der Waals surface area (Å²) in [6.07, 6.45) is 7.07. The fourth-order valence-corrected chi connectivity index (χ4v) is 4.51. The van der Waals surface area contributed by atoms with E-state index in [1.54, 1.807) is 12.1 Å². The number of furan rings is 1. The van der Waals surface area contributed by atoms with E-state index in [4.69, 9.17) is 4.42 Å². The molecule has 4 nitrogen and oxygen atoms in total. The van der Waals surface area contributed by atoms with E-state index in [2.05, 4.69) is 30.4 Å². The van der Waals surface area contributed by atoms with Crippen molar-refractivity contribution in [3.05, 3.63) is 77.6 Å². The molecule has 1 saturated carbocycles. The summed E-state index contributed by atoms with van der Waals surface area (Å²) >= 11 is 0. The van der Waals surface area contributed by atoms with Gasteiger partial charge in [-0.15, -0.1) is 0 Å². The Morgan fingerprint density at radius 1 is 1.10 bits per heavy atom. The summed E-state index contributed by atoms with van der Waals surface area (Å²) in [5, 5.41) is 12.8. The number of hydrogen-bond acceptors (Lipinski definition) is 3. The number of anilines is 1. The molecule has 156 valence electrons. The SMILES string of the molecule is CCc1oc(-c2ccccc2)cc1C(CC1CCCC1)Nc1ccc(C(=O)O)cc1. The Morgan fingerprint density at radius 3 is 2.43 bits per heavy atom. The first-order chi connectivity index (χ1) is 14.6. The maximum atomic E-state index is 11.2. The lowest BCUT2D eigenvalue weighted by atomic mass is 9.92. The van der Waals surface area contributed by atoms with E-state index in [9.17, 15) is 9.90 Å². The van der Waals surface area contributed by atoms with Crippen LogP contribution in [-0.4, -0.2) is 11.1 Å². The van der Waals surface area contributed by atoms with Gasteiger partial charge in [-0.2, -0.15) is 0 Å². The van der Waals surface area contributed by atoms with E-state index in [0.29, 0.717) is 11.5 Å². The molecule has 0 amide bonds. The second-order valence-electron chi connectivity index (χ2n) is 8.17. The predicted molar refractivity (Wildman–Crippen MR) is 120 cm³/mol. The lowest BCUT2D eigenvalue weighted by molar-refractivity contribution is 0.0697. The zero-order chi connectivity index (χ0) is 20.9. The molecule has 2 aromatic carbocycles. The predicted octanol–water partition coefficient (Wildman–Crippen LogP) is 6.94. The summed E-state index contributed by atoms with van der Waals surface area (Å²) in [7, 11) is 0. The molecule has 0 saturated heterocycles. The van der Waals surface area contributed by atoms with Gasteiger partial charge in [0, 0.05) is 23.2 Å². The van der Waals surface area contributed by atoms with Gasteiger partial charge in [-0.1, -0.05) is 62.9 Å². The van der Waals surface area contributed by atoms with Crippen LogP contribution in [0.4, 0.5) is 5.69 Å². The molecule has 0 radical (unpaired) electrons. The van der Waals surface area contributed by atoms with Crippen LogP contribution >= 0.6 is 0 Å². The maximum absolute atomic E-state index is 11.2.